The van der Waals surface area contributed by atoms with Crippen LogP contribution < -0.4 is 5.32 Å². The lowest BCUT2D eigenvalue weighted by molar-refractivity contribution is 0.0947. The highest BCUT2D eigenvalue weighted by Crippen LogP contribution is 2.26. The van der Waals surface area contributed by atoms with E-state index in [1.165, 1.54) is 0 Å². The number of aliphatic hydroxyl groups is 1. The van der Waals surface area contributed by atoms with Crippen LogP contribution in [-0.4, -0.2) is 35.6 Å². The van der Waals surface area contributed by atoms with E-state index >= 15 is 0 Å². The standard InChI is InChI=1S/C17H22N2O2/c20-10-7-14-13-3-1-2-4-15(13)19-17(14)16(21)11-12-5-8-18-9-6-12/h1-4,12,18-20H,5-11H2. The van der Waals surface area contributed by atoms with E-state index in [-0.39, 0.29) is 12.4 Å². The summed E-state index contributed by atoms with van der Waals surface area (Å²) in [6.07, 6.45) is 3.27. The van der Waals surface area contributed by atoms with Crippen molar-refractivity contribution in [1.82, 2.24) is 10.3 Å². The second-order valence-corrected chi connectivity index (χ2v) is 5.82. The number of fused-ring (bicyclic) bond motifs is 1. The summed E-state index contributed by atoms with van der Waals surface area (Å²) in [6.45, 7) is 2.08. The zero-order valence-corrected chi connectivity index (χ0v) is 12.2. The molecule has 4 heteroatoms. The zero-order chi connectivity index (χ0) is 14.7. The predicted molar refractivity (Wildman–Crippen MR) is 83.6 cm³/mol. The van der Waals surface area contributed by atoms with Crippen molar-refractivity contribution < 1.29 is 9.90 Å². The lowest BCUT2D eigenvalue weighted by Gasteiger charge is -2.21. The van der Waals surface area contributed by atoms with Crippen LogP contribution in [0.15, 0.2) is 24.3 Å². The monoisotopic (exact) mass is 286 g/mol. The number of hydrogen-bond acceptors (Lipinski definition) is 3. The summed E-state index contributed by atoms with van der Waals surface area (Å²) in [4.78, 5) is 15.9. The zero-order valence-electron chi connectivity index (χ0n) is 12.2. The van der Waals surface area contributed by atoms with E-state index in [9.17, 15) is 9.90 Å². The van der Waals surface area contributed by atoms with Gasteiger partial charge in [-0.25, -0.2) is 0 Å². The van der Waals surface area contributed by atoms with Gasteiger partial charge in [-0.15, -0.1) is 0 Å². The lowest BCUT2D eigenvalue weighted by atomic mass is 9.91. The molecule has 0 bridgehead atoms. The van der Waals surface area contributed by atoms with Crippen LogP contribution in [0.2, 0.25) is 0 Å². The molecule has 0 radical (unpaired) electrons. The van der Waals surface area contributed by atoms with Crippen LogP contribution in [0.3, 0.4) is 0 Å². The first-order chi connectivity index (χ1) is 10.3. The van der Waals surface area contributed by atoms with Gasteiger partial charge >= 0.3 is 0 Å². The SMILES string of the molecule is O=C(CC1CCNCC1)c1[nH]c2ccccc2c1CCO. The minimum Gasteiger partial charge on any atom is -0.396 e. The van der Waals surface area contributed by atoms with Crippen LogP contribution in [0.25, 0.3) is 10.9 Å². The Hall–Kier alpha value is -1.65. The summed E-state index contributed by atoms with van der Waals surface area (Å²) < 4.78 is 0. The number of para-hydroxylation sites is 1. The minimum atomic E-state index is 0.0650. The number of carbonyl (C=O) groups is 1. The van der Waals surface area contributed by atoms with Gasteiger partial charge in [0.2, 0.25) is 0 Å². The molecule has 3 N–H and O–H groups in total. The molecule has 1 aliphatic rings. The van der Waals surface area contributed by atoms with E-state index in [1.54, 1.807) is 0 Å². The van der Waals surface area contributed by atoms with Crippen LogP contribution in [0, 0.1) is 5.92 Å². The van der Waals surface area contributed by atoms with Crippen molar-refractivity contribution in [2.75, 3.05) is 19.7 Å². The van der Waals surface area contributed by atoms with Gasteiger partial charge in [0.15, 0.2) is 5.78 Å². The first-order valence-corrected chi connectivity index (χ1v) is 7.74. The quantitative estimate of drug-likeness (QED) is 0.739. The maximum Gasteiger partial charge on any atom is 0.179 e. The maximum atomic E-state index is 12.6. The van der Waals surface area contributed by atoms with Gasteiger partial charge in [0, 0.05) is 23.9 Å². The molecule has 1 aliphatic heterocycles. The van der Waals surface area contributed by atoms with Crippen LogP contribution in [0.5, 0.6) is 0 Å². The third-order valence-electron chi connectivity index (χ3n) is 4.39. The average molecular weight is 286 g/mol. The molecule has 3 rings (SSSR count). The molecule has 0 aliphatic carbocycles. The van der Waals surface area contributed by atoms with Crippen molar-refractivity contribution in [3.8, 4) is 0 Å². The number of rotatable bonds is 5. The first-order valence-electron chi connectivity index (χ1n) is 7.74. The summed E-state index contributed by atoms with van der Waals surface area (Å²) >= 11 is 0. The molecule has 21 heavy (non-hydrogen) atoms. The Kier molecular flexibility index (Phi) is 4.36. The maximum absolute atomic E-state index is 12.6. The number of aromatic amines is 1. The number of hydrogen-bond donors (Lipinski definition) is 3. The second kappa shape index (κ2) is 6.41. The fourth-order valence-corrected chi connectivity index (χ4v) is 3.26. The normalized spacial score (nSPS) is 16.4. The van der Waals surface area contributed by atoms with Crippen molar-refractivity contribution in [2.24, 2.45) is 5.92 Å². The van der Waals surface area contributed by atoms with Gasteiger partial charge in [-0.1, -0.05) is 18.2 Å². The van der Waals surface area contributed by atoms with E-state index in [0.717, 1.165) is 42.4 Å². The van der Waals surface area contributed by atoms with Crippen LogP contribution in [0.4, 0.5) is 0 Å². The van der Waals surface area contributed by atoms with Gasteiger partial charge in [-0.2, -0.15) is 0 Å². The van der Waals surface area contributed by atoms with Gasteiger partial charge in [0.1, 0.15) is 0 Å². The van der Waals surface area contributed by atoms with Crippen molar-refractivity contribution in [2.45, 2.75) is 25.7 Å². The van der Waals surface area contributed by atoms with Crippen LogP contribution in [0.1, 0.15) is 35.3 Å². The molecule has 0 saturated carbocycles. The molecule has 0 amide bonds. The van der Waals surface area contributed by atoms with E-state index in [4.69, 9.17) is 0 Å². The lowest BCUT2D eigenvalue weighted by Crippen LogP contribution is -2.29. The molecular weight excluding hydrogens is 264 g/mol. The number of benzene rings is 1. The summed E-state index contributed by atoms with van der Waals surface area (Å²) in [5.74, 6) is 0.661. The van der Waals surface area contributed by atoms with Gasteiger partial charge in [0.25, 0.3) is 0 Å². The van der Waals surface area contributed by atoms with Gasteiger partial charge in [-0.3, -0.25) is 4.79 Å². The Morgan fingerprint density at radius 1 is 1.24 bits per heavy atom. The number of H-pyrrole nitrogens is 1. The molecular formula is C17H22N2O2. The predicted octanol–water partition coefficient (Wildman–Crippen LogP) is 2.28. The van der Waals surface area contributed by atoms with Gasteiger partial charge in [-0.05, 0) is 49.9 Å². The summed E-state index contributed by atoms with van der Waals surface area (Å²) in [5, 5.41) is 13.7. The van der Waals surface area contributed by atoms with Crippen molar-refractivity contribution in [3.63, 3.8) is 0 Å². The number of aromatic nitrogens is 1. The number of carbonyl (C=O) groups excluding carboxylic acids is 1. The average Bonchev–Trinajstić information content (AvgIpc) is 2.88. The van der Waals surface area contributed by atoms with Crippen molar-refractivity contribution in [3.05, 3.63) is 35.5 Å². The smallest absolute Gasteiger partial charge is 0.179 e. The number of nitrogens with one attached hydrogen (secondary N) is 2. The fraction of sp³-hybridized carbons (Fsp3) is 0.471. The van der Waals surface area contributed by atoms with E-state index < -0.39 is 0 Å². The molecule has 1 aromatic carbocycles. The van der Waals surface area contributed by atoms with Crippen LogP contribution >= 0.6 is 0 Å². The van der Waals surface area contributed by atoms with E-state index in [2.05, 4.69) is 10.3 Å². The molecule has 0 unspecified atom stereocenters. The summed E-state index contributed by atoms with van der Waals surface area (Å²) in [5.41, 5.74) is 2.64. The summed E-state index contributed by atoms with van der Waals surface area (Å²) in [7, 11) is 0. The Bertz CT molecular complexity index is 627. The molecule has 112 valence electrons. The molecule has 1 fully saturated rings. The Labute approximate surface area is 124 Å². The largest absolute Gasteiger partial charge is 0.396 e. The van der Waals surface area contributed by atoms with E-state index in [1.807, 2.05) is 24.3 Å². The highest BCUT2D eigenvalue weighted by molar-refractivity contribution is 6.02. The molecule has 0 atom stereocenters. The topological polar surface area (TPSA) is 65.1 Å². The fourth-order valence-electron chi connectivity index (χ4n) is 3.26. The van der Waals surface area contributed by atoms with E-state index in [0.29, 0.717) is 24.5 Å². The first kappa shape index (κ1) is 14.3. The molecule has 1 aromatic heterocycles. The molecule has 4 nitrogen and oxygen atoms in total. The third kappa shape index (κ3) is 3.01. The Balaban J connectivity index is 1.87. The highest BCUT2D eigenvalue weighted by Gasteiger charge is 2.22. The third-order valence-corrected chi connectivity index (χ3v) is 4.39. The number of aliphatic hydroxyl groups excluding tert-OH is 1. The molecule has 0 spiro atoms. The van der Waals surface area contributed by atoms with Crippen molar-refractivity contribution >= 4 is 16.7 Å². The summed E-state index contributed by atoms with van der Waals surface area (Å²) in [6, 6.07) is 7.93. The number of Topliss-reactive ketones (excluding diaryl/α,β-unsaturated/α-hetero) is 1. The minimum absolute atomic E-state index is 0.0650. The molecule has 2 heterocycles. The van der Waals surface area contributed by atoms with Gasteiger partial charge in [0.05, 0.1) is 5.69 Å². The molecule has 1 saturated heterocycles. The van der Waals surface area contributed by atoms with Crippen molar-refractivity contribution in [1.29, 1.82) is 0 Å². The van der Waals surface area contributed by atoms with Crippen LogP contribution in [-0.2, 0) is 6.42 Å². The second-order valence-electron chi connectivity index (χ2n) is 5.82. The van der Waals surface area contributed by atoms with Gasteiger partial charge < -0.3 is 15.4 Å². The number of ketones is 1. The Morgan fingerprint density at radius 2 is 2.00 bits per heavy atom. The Morgan fingerprint density at radius 3 is 2.76 bits per heavy atom. The molecule has 2 aromatic rings. The number of piperidine rings is 1. The highest BCUT2D eigenvalue weighted by atomic mass is 16.3.